The van der Waals surface area contributed by atoms with Gasteiger partial charge in [0.2, 0.25) is 0 Å². The summed E-state index contributed by atoms with van der Waals surface area (Å²) in [5, 5.41) is 3.62. The van der Waals surface area contributed by atoms with Crippen LogP contribution >= 0.6 is 38.5 Å². The van der Waals surface area contributed by atoms with Gasteiger partial charge in [0.25, 0.3) is 0 Å². The van der Waals surface area contributed by atoms with Crippen molar-refractivity contribution in [2.75, 3.05) is 6.54 Å². The molecule has 0 radical (unpaired) electrons. The number of hydrogen-bond donors (Lipinski definition) is 1. The minimum atomic E-state index is 0.187. The van der Waals surface area contributed by atoms with Crippen LogP contribution in [0.3, 0.4) is 0 Å². The van der Waals surface area contributed by atoms with Gasteiger partial charge in [0.15, 0.2) is 0 Å². The molecule has 0 aliphatic rings. The van der Waals surface area contributed by atoms with E-state index in [2.05, 4.69) is 86.1 Å². The monoisotopic (exact) mass is 444 g/mol. The Morgan fingerprint density at radius 2 is 2.10 bits per heavy atom. The number of hydrogen-bond acceptors (Lipinski definition) is 2. The maximum atomic E-state index is 4.43. The topological polar surface area (TPSA) is 24.9 Å². The summed E-state index contributed by atoms with van der Waals surface area (Å²) < 4.78 is 2.37. The number of nitrogens with one attached hydrogen (secondary N) is 1. The van der Waals surface area contributed by atoms with Crippen LogP contribution in [0.25, 0.3) is 0 Å². The van der Waals surface area contributed by atoms with Crippen molar-refractivity contribution in [1.82, 2.24) is 10.3 Å². The molecule has 1 unspecified atom stereocenters. The smallest absolute Gasteiger partial charge is 0.0602 e. The Balaban J connectivity index is 2.41. The number of aryl methyl sites for hydroxylation is 1. The van der Waals surface area contributed by atoms with Crippen molar-refractivity contribution in [1.29, 1.82) is 0 Å². The van der Waals surface area contributed by atoms with E-state index in [1.165, 1.54) is 14.7 Å². The fraction of sp³-hybridized carbons (Fsp3) is 0.312. The summed E-state index contributed by atoms with van der Waals surface area (Å²) in [4.78, 5) is 4.43. The maximum Gasteiger partial charge on any atom is 0.0602 e. The van der Waals surface area contributed by atoms with Gasteiger partial charge in [-0.1, -0.05) is 28.9 Å². The van der Waals surface area contributed by atoms with Crippen molar-refractivity contribution in [3.8, 4) is 0 Å². The lowest BCUT2D eigenvalue weighted by molar-refractivity contribution is 0.594. The first-order valence-electron chi connectivity index (χ1n) is 6.72. The van der Waals surface area contributed by atoms with Crippen molar-refractivity contribution in [3.63, 3.8) is 0 Å². The van der Waals surface area contributed by atoms with E-state index in [-0.39, 0.29) is 6.04 Å². The Labute approximate surface area is 142 Å². The van der Waals surface area contributed by atoms with E-state index >= 15 is 0 Å². The average Bonchev–Trinajstić information content (AvgIpc) is 2.44. The zero-order valence-corrected chi connectivity index (χ0v) is 15.4. The van der Waals surface area contributed by atoms with Crippen LogP contribution in [0, 0.1) is 10.5 Å². The predicted molar refractivity (Wildman–Crippen MR) is 96.0 cm³/mol. The van der Waals surface area contributed by atoms with Crippen molar-refractivity contribution in [2.24, 2.45) is 0 Å². The van der Waals surface area contributed by atoms with Gasteiger partial charge in [-0.25, -0.2) is 0 Å². The lowest BCUT2D eigenvalue weighted by Crippen LogP contribution is -2.24. The van der Waals surface area contributed by atoms with Crippen LogP contribution in [0.4, 0.5) is 0 Å². The predicted octanol–water partition coefficient (Wildman–Crippen LogP) is 4.85. The van der Waals surface area contributed by atoms with E-state index < -0.39 is 0 Å². The van der Waals surface area contributed by atoms with Gasteiger partial charge in [0.05, 0.1) is 6.04 Å². The second kappa shape index (κ2) is 7.52. The largest absolute Gasteiger partial charge is 0.306 e. The zero-order valence-electron chi connectivity index (χ0n) is 11.7. The molecule has 0 saturated heterocycles. The molecule has 2 nitrogen and oxygen atoms in total. The van der Waals surface area contributed by atoms with Crippen LogP contribution in [0.5, 0.6) is 0 Å². The molecule has 0 aliphatic heterocycles. The highest BCUT2D eigenvalue weighted by molar-refractivity contribution is 14.1. The number of rotatable bonds is 5. The summed E-state index contributed by atoms with van der Waals surface area (Å²) in [6.07, 6.45) is 3.08. The molecule has 0 bridgehead atoms. The fourth-order valence-corrected chi connectivity index (χ4v) is 3.11. The Morgan fingerprint density at radius 3 is 2.75 bits per heavy atom. The molecule has 0 aliphatic carbocycles. The highest BCUT2D eigenvalue weighted by atomic mass is 127. The SMILES string of the molecule is CCCNC(c1ccc(C)nc1)c1cc(Br)ccc1I. The number of benzene rings is 1. The second-order valence-electron chi connectivity index (χ2n) is 4.79. The number of aromatic nitrogens is 1. The lowest BCUT2D eigenvalue weighted by Gasteiger charge is -2.21. The quantitative estimate of drug-likeness (QED) is 0.667. The molecule has 20 heavy (non-hydrogen) atoms. The van der Waals surface area contributed by atoms with Gasteiger partial charge in [-0.2, -0.15) is 0 Å². The second-order valence-corrected chi connectivity index (χ2v) is 6.86. The van der Waals surface area contributed by atoms with Gasteiger partial charge in [0.1, 0.15) is 0 Å². The van der Waals surface area contributed by atoms with E-state index in [0.29, 0.717) is 0 Å². The molecule has 1 N–H and O–H groups in total. The van der Waals surface area contributed by atoms with E-state index in [4.69, 9.17) is 0 Å². The molecule has 0 saturated carbocycles. The summed E-state index contributed by atoms with van der Waals surface area (Å²) in [5.41, 5.74) is 3.55. The molecule has 1 heterocycles. The molecule has 4 heteroatoms. The Morgan fingerprint density at radius 1 is 1.30 bits per heavy atom. The highest BCUT2D eigenvalue weighted by Gasteiger charge is 2.16. The van der Waals surface area contributed by atoms with E-state index in [9.17, 15) is 0 Å². The molecular weight excluding hydrogens is 427 g/mol. The third-order valence-electron chi connectivity index (χ3n) is 3.14. The number of nitrogens with zero attached hydrogens (tertiary/aromatic N) is 1. The Hall–Kier alpha value is -0.460. The minimum absolute atomic E-state index is 0.187. The third-order valence-corrected chi connectivity index (χ3v) is 4.61. The Kier molecular flexibility index (Phi) is 5.99. The van der Waals surface area contributed by atoms with Crippen molar-refractivity contribution in [2.45, 2.75) is 26.3 Å². The third kappa shape index (κ3) is 4.02. The first-order valence-corrected chi connectivity index (χ1v) is 8.60. The zero-order chi connectivity index (χ0) is 14.5. The first-order chi connectivity index (χ1) is 9.61. The van der Waals surface area contributed by atoms with Gasteiger partial charge in [-0.15, -0.1) is 0 Å². The van der Waals surface area contributed by atoms with Gasteiger partial charge >= 0.3 is 0 Å². The summed E-state index contributed by atoms with van der Waals surface area (Å²) in [6.45, 7) is 5.19. The molecule has 1 aromatic carbocycles. The van der Waals surface area contributed by atoms with Gasteiger partial charge < -0.3 is 5.32 Å². The van der Waals surface area contributed by atoms with Crippen LogP contribution in [0.15, 0.2) is 41.0 Å². The Bertz CT molecular complexity index is 569. The van der Waals surface area contributed by atoms with Crippen molar-refractivity contribution < 1.29 is 0 Å². The molecule has 2 rings (SSSR count). The normalized spacial score (nSPS) is 12.4. The van der Waals surface area contributed by atoms with Crippen molar-refractivity contribution in [3.05, 3.63) is 61.4 Å². The van der Waals surface area contributed by atoms with Crippen molar-refractivity contribution >= 4 is 38.5 Å². The van der Waals surface area contributed by atoms with Crippen LogP contribution < -0.4 is 5.32 Å². The minimum Gasteiger partial charge on any atom is -0.306 e. The summed E-state index contributed by atoms with van der Waals surface area (Å²) in [6, 6.07) is 10.8. The molecule has 1 atom stereocenters. The molecule has 0 spiro atoms. The summed E-state index contributed by atoms with van der Waals surface area (Å²) in [7, 11) is 0. The average molecular weight is 445 g/mol. The van der Waals surface area contributed by atoms with E-state index in [1.807, 2.05) is 13.1 Å². The molecule has 0 amide bonds. The number of pyridine rings is 1. The van der Waals surface area contributed by atoms with Crippen LogP contribution in [-0.4, -0.2) is 11.5 Å². The van der Waals surface area contributed by atoms with Gasteiger partial charge in [-0.05, 0) is 77.9 Å². The van der Waals surface area contributed by atoms with Crippen LogP contribution in [0.2, 0.25) is 0 Å². The number of halogens is 2. The fourth-order valence-electron chi connectivity index (χ4n) is 2.08. The molecule has 0 fully saturated rings. The maximum absolute atomic E-state index is 4.43. The first kappa shape index (κ1) is 15.9. The van der Waals surface area contributed by atoms with Gasteiger partial charge in [0, 0.05) is 19.9 Å². The lowest BCUT2D eigenvalue weighted by atomic mass is 10.00. The van der Waals surface area contributed by atoms with Crippen LogP contribution in [0.1, 0.15) is 36.2 Å². The molecule has 2 aromatic rings. The van der Waals surface area contributed by atoms with E-state index in [1.54, 1.807) is 0 Å². The molecule has 1 aromatic heterocycles. The summed E-state index contributed by atoms with van der Waals surface area (Å²) >= 11 is 5.97. The summed E-state index contributed by atoms with van der Waals surface area (Å²) in [5.74, 6) is 0. The highest BCUT2D eigenvalue weighted by Crippen LogP contribution is 2.28. The van der Waals surface area contributed by atoms with E-state index in [0.717, 1.165) is 23.1 Å². The standard InChI is InChI=1S/C16H18BrIN2/c1-3-8-19-16(12-5-4-11(2)20-10-12)14-9-13(17)6-7-15(14)18/h4-7,9-10,16,19H,3,8H2,1-2H3. The van der Waals surface area contributed by atoms with Gasteiger partial charge in [-0.3, -0.25) is 4.98 Å². The molecular formula is C16H18BrIN2. The molecule has 106 valence electrons. The van der Waals surface area contributed by atoms with Crippen LogP contribution in [-0.2, 0) is 0 Å².